The molecule has 0 spiro atoms. The van der Waals surface area contributed by atoms with E-state index in [0.717, 1.165) is 5.56 Å². The van der Waals surface area contributed by atoms with Crippen LogP contribution in [0.1, 0.15) is 12.5 Å². The minimum absolute atomic E-state index is 0.263. The number of ether oxygens (including phenoxy) is 2. The lowest BCUT2D eigenvalue weighted by Gasteiger charge is -2.38. The van der Waals surface area contributed by atoms with Crippen LogP contribution >= 0.6 is 0 Å². The molecular formula is C13H18FNO3. The summed E-state index contributed by atoms with van der Waals surface area (Å²) in [5.74, 6) is 0. The Hall–Kier alpha value is -1.01. The van der Waals surface area contributed by atoms with Gasteiger partial charge in [-0.3, -0.25) is 0 Å². The molecule has 18 heavy (non-hydrogen) atoms. The molecule has 0 aliphatic carbocycles. The van der Waals surface area contributed by atoms with Gasteiger partial charge in [0, 0.05) is 0 Å². The molecule has 1 fully saturated rings. The number of rotatable bonds is 3. The van der Waals surface area contributed by atoms with Gasteiger partial charge in [-0.05, 0) is 12.5 Å². The Bertz CT molecular complexity index is 362. The van der Waals surface area contributed by atoms with Crippen molar-refractivity contribution in [2.45, 2.75) is 44.2 Å². The summed E-state index contributed by atoms with van der Waals surface area (Å²) in [6.45, 7) is 1.96. The van der Waals surface area contributed by atoms with E-state index in [-0.39, 0.29) is 6.61 Å². The summed E-state index contributed by atoms with van der Waals surface area (Å²) in [4.78, 5) is 0. The number of hydrogen-bond acceptors (Lipinski definition) is 4. The molecule has 3 N–H and O–H groups in total. The van der Waals surface area contributed by atoms with Crippen molar-refractivity contribution in [3.05, 3.63) is 35.9 Å². The molecule has 0 saturated carbocycles. The van der Waals surface area contributed by atoms with E-state index in [9.17, 15) is 9.50 Å². The lowest BCUT2D eigenvalue weighted by Crippen LogP contribution is -2.59. The van der Waals surface area contributed by atoms with Crippen LogP contribution in [0.15, 0.2) is 30.3 Å². The molecule has 5 heteroatoms. The van der Waals surface area contributed by atoms with Gasteiger partial charge in [-0.25, -0.2) is 4.39 Å². The monoisotopic (exact) mass is 255 g/mol. The molecule has 0 bridgehead atoms. The smallest absolute Gasteiger partial charge is 0.189 e. The zero-order chi connectivity index (χ0) is 13.1. The highest BCUT2D eigenvalue weighted by molar-refractivity contribution is 5.13. The van der Waals surface area contributed by atoms with E-state index in [4.69, 9.17) is 15.2 Å². The normalized spacial score (nSPS) is 36.6. The fourth-order valence-corrected chi connectivity index (χ4v) is 2.00. The molecule has 1 aliphatic rings. The molecule has 1 saturated heterocycles. The molecule has 1 aromatic carbocycles. The number of alkyl halides is 1. The van der Waals surface area contributed by atoms with E-state index in [1.54, 1.807) is 6.92 Å². The van der Waals surface area contributed by atoms with E-state index in [0.29, 0.717) is 0 Å². The molecule has 0 amide bonds. The number of hydrogen-bond donors (Lipinski definition) is 2. The SMILES string of the molecule is C[C@H]1O[C@H](O)[C@H](F)[C@@H](OCc2ccccc2)[C@H]1N. The highest BCUT2D eigenvalue weighted by Gasteiger charge is 2.43. The Balaban J connectivity index is 1.98. The summed E-state index contributed by atoms with van der Waals surface area (Å²) in [6.07, 6.45) is -4.39. The average molecular weight is 255 g/mol. The number of aliphatic hydroxyl groups excluding tert-OH is 1. The van der Waals surface area contributed by atoms with Gasteiger partial charge in [0.05, 0.1) is 18.8 Å². The number of nitrogens with two attached hydrogens (primary N) is 1. The quantitative estimate of drug-likeness (QED) is 0.845. The van der Waals surface area contributed by atoms with Crippen LogP contribution in [0, 0.1) is 0 Å². The molecule has 100 valence electrons. The molecule has 0 radical (unpaired) electrons. The van der Waals surface area contributed by atoms with Gasteiger partial charge in [-0.15, -0.1) is 0 Å². The molecule has 2 rings (SSSR count). The summed E-state index contributed by atoms with van der Waals surface area (Å²) in [5.41, 5.74) is 6.77. The Morgan fingerprint density at radius 2 is 2.06 bits per heavy atom. The van der Waals surface area contributed by atoms with Gasteiger partial charge in [0.15, 0.2) is 12.5 Å². The van der Waals surface area contributed by atoms with Crippen molar-refractivity contribution in [1.29, 1.82) is 0 Å². The van der Waals surface area contributed by atoms with E-state index in [1.165, 1.54) is 0 Å². The van der Waals surface area contributed by atoms with Gasteiger partial charge in [0.1, 0.15) is 6.10 Å². The fraction of sp³-hybridized carbons (Fsp3) is 0.538. The molecule has 0 aromatic heterocycles. The van der Waals surface area contributed by atoms with Crippen molar-refractivity contribution in [2.75, 3.05) is 0 Å². The summed E-state index contributed by atoms with van der Waals surface area (Å²) in [6, 6.07) is 8.84. The Labute approximate surface area is 106 Å². The minimum atomic E-state index is -1.63. The fourth-order valence-electron chi connectivity index (χ4n) is 2.00. The van der Waals surface area contributed by atoms with Crippen LogP contribution in [0.4, 0.5) is 4.39 Å². The Morgan fingerprint density at radius 1 is 1.39 bits per heavy atom. The van der Waals surface area contributed by atoms with Gasteiger partial charge in [-0.1, -0.05) is 30.3 Å². The van der Waals surface area contributed by atoms with Gasteiger partial charge < -0.3 is 20.3 Å². The lowest BCUT2D eigenvalue weighted by atomic mass is 9.98. The van der Waals surface area contributed by atoms with Gasteiger partial charge in [0.2, 0.25) is 0 Å². The van der Waals surface area contributed by atoms with Crippen molar-refractivity contribution in [1.82, 2.24) is 0 Å². The zero-order valence-electron chi connectivity index (χ0n) is 10.2. The molecular weight excluding hydrogens is 237 g/mol. The van der Waals surface area contributed by atoms with Crippen LogP contribution in [-0.4, -0.2) is 35.8 Å². The van der Waals surface area contributed by atoms with Crippen LogP contribution in [0.25, 0.3) is 0 Å². The van der Waals surface area contributed by atoms with E-state index < -0.39 is 30.7 Å². The molecule has 4 nitrogen and oxygen atoms in total. The third-order valence-electron chi connectivity index (χ3n) is 3.15. The summed E-state index contributed by atoms with van der Waals surface area (Å²) >= 11 is 0. The average Bonchev–Trinajstić information content (AvgIpc) is 2.38. The maximum absolute atomic E-state index is 13.8. The van der Waals surface area contributed by atoms with Crippen LogP contribution < -0.4 is 5.73 Å². The van der Waals surface area contributed by atoms with E-state index >= 15 is 0 Å². The Morgan fingerprint density at radius 3 is 2.72 bits per heavy atom. The standard InChI is InChI=1S/C13H18FNO3/c1-8-11(15)12(10(14)13(16)18-8)17-7-9-5-3-2-4-6-9/h2-6,8,10-13,16H,7,15H2,1H3/t8-,10-,11+,12-,13+/m1/s1. The maximum Gasteiger partial charge on any atom is 0.189 e. The first-order chi connectivity index (χ1) is 8.59. The lowest BCUT2D eigenvalue weighted by molar-refractivity contribution is -0.241. The van der Waals surface area contributed by atoms with Gasteiger partial charge >= 0.3 is 0 Å². The van der Waals surface area contributed by atoms with Crippen LogP contribution in [0.5, 0.6) is 0 Å². The zero-order valence-corrected chi connectivity index (χ0v) is 10.2. The highest BCUT2D eigenvalue weighted by atomic mass is 19.1. The first-order valence-electron chi connectivity index (χ1n) is 5.98. The molecule has 0 unspecified atom stereocenters. The second-order valence-corrected chi connectivity index (χ2v) is 4.51. The minimum Gasteiger partial charge on any atom is -0.369 e. The molecule has 5 atom stereocenters. The second-order valence-electron chi connectivity index (χ2n) is 4.51. The highest BCUT2D eigenvalue weighted by Crippen LogP contribution is 2.24. The number of aliphatic hydroxyl groups is 1. The van der Waals surface area contributed by atoms with Crippen molar-refractivity contribution in [2.24, 2.45) is 5.73 Å². The van der Waals surface area contributed by atoms with E-state index in [1.807, 2.05) is 30.3 Å². The van der Waals surface area contributed by atoms with Crippen molar-refractivity contribution >= 4 is 0 Å². The number of benzene rings is 1. The first kappa shape index (κ1) is 13.4. The van der Waals surface area contributed by atoms with Crippen LogP contribution in [0.2, 0.25) is 0 Å². The van der Waals surface area contributed by atoms with Crippen molar-refractivity contribution < 1.29 is 19.0 Å². The third-order valence-corrected chi connectivity index (χ3v) is 3.15. The summed E-state index contributed by atoms with van der Waals surface area (Å²) in [7, 11) is 0. The van der Waals surface area contributed by atoms with Crippen molar-refractivity contribution in [3.63, 3.8) is 0 Å². The van der Waals surface area contributed by atoms with Gasteiger partial charge in [0.25, 0.3) is 0 Å². The van der Waals surface area contributed by atoms with Crippen LogP contribution in [-0.2, 0) is 16.1 Å². The summed E-state index contributed by atoms with van der Waals surface area (Å²) < 4.78 is 24.3. The second kappa shape index (κ2) is 5.75. The molecule has 1 aliphatic heterocycles. The Kier molecular flexibility index (Phi) is 4.29. The third kappa shape index (κ3) is 2.87. The van der Waals surface area contributed by atoms with Crippen molar-refractivity contribution in [3.8, 4) is 0 Å². The summed E-state index contributed by atoms with van der Waals surface area (Å²) in [5, 5.41) is 9.40. The first-order valence-corrected chi connectivity index (χ1v) is 5.98. The van der Waals surface area contributed by atoms with Crippen LogP contribution in [0.3, 0.4) is 0 Å². The van der Waals surface area contributed by atoms with E-state index in [2.05, 4.69) is 0 Å². The predicted molar refractivity (Wildman–Crippen MR) is 64.4 cm³/mol. The molecule has 1 aromatic rings. The van der Waals surface area contributed by atoms with Gasteiger partial charge in [-0.2, -0.15) is 0 Å². The largest absolute Gasteiger partial charge is 0.369 e. The molecule has 1 heterocycles. The topological polar surface area (TPSA) is 64.7 Å². The maximum atomic E-state index is 13.8. The predicted octanol–water partition coefficient (Wildman–Crippen LogP) is 0.974. The number of halogens is 1.